The minimum atomic E-state index is 0.196. The summed E-state index contributed by atoms with van der Waals surface area (Å²) < 4.78 is 6.15. The lowest BCUT2D eigenvalue weighted by Gasteiger charge is -2.11. The fraction of sp³-hybridized carbons (Fsp3) is 0.300. The van der Waals surface area contributed by atoms with Gasteiger partial charge in [0.25, 0.3) is 0 Å². The number of benzene rings is 1. The molecule has 0 saturated heterocycles. The van der Waals surface area contributed by atoms with Crippen LogP contribution in [0.2, 0.25) is 0 Å². The van der Waals surface area contributed by atoms with Crippen LogP contribution in [0.15, 0.2) is 27.8 Å². The summed E-state index contributed by atoms with van der Waals surface area (Å²) in [6, 6.07) is 5.66. The summed E-state index contributed by atoms with van der Waals surface area (Å²) in [5.74, 6) is 0.948. The second-order valence-corrected chi connectivity index (χ2v) is 4.03. The van der Waals surface area contributed by atoms with Gasteiger partial charge in [-0.3, -0.25) is 0 Å². The van der Waals surface area contributed by atoms with Crippen molar-refractivity contribution in [1.29, 1.82) is 0 Å². The van der Waals surface area contributed by atoms with Gasteiger partial charge in [0, 0.05) is 17.4 Å². The van der Waals surface area contributed by atoms with Crippen LogP contribution in [0.3, 0.4) is 0 Å². The van der Waals surface area contributed by atoms with Gasteiger partial charge in [0.15, 0.2) is 0 Å². The average molecular weight is 288 g/mol. The van der Waals surface area contributed by atoms with Crippen LogP contribution in [-0.4, -0.2) is 24.7 Å². The molecule has 0 aliphatic carbocycles. The molecule has 0 bridgehead atoms. The number of rotatable bonds is 5. The van der Waals surface area contributed by atoms with Gasteiger partial charge in [0.05, 0.1) is 12.8 Å². The number of hydrogen-bond donors (Lipinski definition) is 3. The van der Waals surface area contributed by atoms with Gasteiger partial charge in [-0.2, -0.15) is 0 Å². The normalized spacial score (nSPS) is 11.2. The Morgan fingerprint density at radius 3 is 3.00 bits per heavy atom. The third-order valence-corrected chi connectivity index (χ3v) is 2.48. The van der Waals surface area contributed by atoms with E-state index in [1.807, 2.05) is 18.2 Å². The van der Waals surface area contributed by atoms with Crippen LogP contribution in [0.25, 0.3) is 0 Å². The fourth-order valence-corrected chi connectivity index (χ4v) is 1.55. The molecule has 16 heavy (non-hydrogen) atoms. The van der Waals surface area contributed by atoms with E-state index in [4.69, 9.17) is 15.7 Å². The number of halogens is 1. The van der Waals surface area contributed by atoms with Crippen molar-refractivity contribution in [1.82, 2.24) is 0 Å². The van der Waals surface area contributed by atoms with Crippen molar-refractivity contribution in [2.24, 2.45) is 10.9 Å². The molecule has 0 aliphatic rings. The molecule has 88 valence electrons. The Bertz CT molecular complexity index is 382. The number of ether oxygens (including phenoxy) is 1. The number of nitrogens with zero attached hydrogens (tertiary/aromatic N) is 1. The Morgan fingerprint density at radius 2 is 2.38 bits per heavy atom. The molecule has 0 saturated carbocycles. The number of amidine groups is 1. The molecule has 0 unspecified atom stereocenters. The Morgan fingerprint density at radius 1 is 1.62 bits per heavy atom. The first-order valence-corrected chi connectivity index (χ1v) is 5.50. The Labute approximate surface area is 102 Å². The summed E-state index contributed by atoms with van der Waals surface area (Å²) in [5.41, 5.74) is 6.22. The van der Waals surface area contributed by atoms with Gasteiger partial charge in [0.1, 0.15) is 11.6 Å². The van der Waals surface area contributed by atoms with Gasteiger partial charge in [-0.05, 0) is 18.2 Å². The third kappa shape index (κ3) is 3.62. The SMILES string of the molecule is COc1ccc(Br)cc1NCCC(N)=NO. The highest BCUT2D eigenvalue weighted by molar-refractivity contribution is 9.10. The molecule has 1 aromatic rings. The minimum Gasteiger partial charge on any atom is -0.495 e. The van der Waals surface area contributed by atoms with Crippen LogP contribution in [-0.2, 0) is 0 Å². The lowest BCUT2D eigenvalue weighted by atomic mass is 10.3. The summed E-state index contributed by atoms with van der Waals surface area (Å²) in [6.07, 6.45) is 0.464. The Kier molecular flexibility index (Phi) is 4.91. The monoisotopic (exact) mass is 287 g/mol. The highest BCUT2D eigenvalue weighted by Crippen LogP contribution is 2.27. The molecule has 1 rings (SSSR count). The second-order valence-electron chi connectivity index (χ2n) is 3.11. The number of nitrogens with one attached hydrogen (secondary N) is 1. The summed E-state index contributed by atoms with van der Waals surface area (Å²) in [4.78, 5) is 0. The first-order valence-electron chi connectivity index (χ1n) is 4.71. The highest BCUT2D eigenvalue weighted by atomic mass is 79.9. The molecule has 5 nitrogen and oxygen atoms in total. The maximum atomic E-state index is 8.38. The molecule has 0 atom stereocenters. The number of hydrogen-bond acceptors (Lipinski definition) is 4. The van der Waals surface area contributed by atoms with Gasteiger partial charge in [-0.25, -0.2) is 0 Å². The first kappa shape index (κ1) is 12.6. The summed E-state index contributed by atoms with van der Waals surface area (Å²) >= 11 is 3.38. The zero-order valence-corrected chi connectivity index (χ0v) is 10.5. The predicted octanol–water partition coefficient (Wildman–Crippen LogP) is 2.01. The molecule has 0 aliphatic heterocycles. The van der Waals surface area contributed by atoms with Crippen molar-refractivity contribution in [3.05, 3.63) is 22.7 Å². The van der Waals surface area contributed by atoms with Crippen molar-refractivity contribution in [2.45, 2.75) is 6.42 Å². The van der Waals surface area contributed by atoms with E-state index in [0.717, 1.165) is 15.9 Å². The molecule has 0 aromatic heterocycles. The Hall–Kier alpha value is -1.43. The van der Waals surface area contributed by atoms with Gasteiger partial charge in [-0.15, -0.1) is 0 Å². The van der Waals surface area contributed by atoms with Crippen LogP contribution in [0, 0.1) is 0 Å². The molecular weight excluding hydrogens is 274 g/mol. The van der Waals surface area contributed by atoms with Crippen LogP contribution in [0.4, 0.5) is 5.69 Å². The van der Waals surface area contributed by atoms with E-state index in [9.17, 15) is 0 Å². The molecule has 0 heterocycles. The van der Waals surface area contributed by atoms with E-state index in [1.165, 1.54) is 0 Å². The predicted molar refractivity (Wildman–Crippen MR) is 67.2 cm³/mol. The number of anilines is 1. The third-order valence-electron chi connectivity index (χ3n) is 1.99. The molecule has 0 fully saturated rings. The van der Waals surface area contributed by atoms with Gasteiger partial charge in [-0.1, -0.05) is 21.1 Å². The lowest BCUT2D eigenvalue weighted by molar-refractivity contribution is 0.317. The van der Waals surface area contributed by atoms with Crippen molar-refractivity contribution < 1.29 is 9.94 Å². The summed E-state index contributed by atoms with van der Waals surface area (Å²) in [6.45, 7) is 0.572. The van der Waals surface area contributed by atoms with Crippen molar-refractivity contribution in [3.63, 3.8) is 0 Å². The number of oxime groups is 1. The Balaban J connectivity index is 2.62. The largest absolute Gasteiger partial charge is 0.495 e. The molecule has 6 heteroatoms. The van der Waals surface area contributed by atoms with Gasteiger partial charge < -0.3 is 21.0 Å². The standard InChI is InChI=1S/C10H14BrN3O2/c1-16-9-3-2-7(11)6-8(9)13-5-4-10(12)14-15/h2-3,6,13,15H,4-5H2,1H3,(H2,12,14). The molecular formula is C10H14BrN3O2. The van der Waals surface area contributed by atoms with E-state index in [0.29, 0.717) is 13.0 Å². The fourth-order valence-electron chi connectivity index (χ4n) is 1.19. The van der Waals surface area contributed by atoms with Crippen LogP contribution in [0.5, 0.6) is 5.75 Å². The maximum Gasteiger partial charge on any atom is 0.142 e. The quantitative estimate of drug-likeness (QED) is 0.335. The molecule has 1 aromatic carbocycles. The van der Waals surface area contributed by atoms with Crippen LogP contribution in [0.1, 0.15) is 6.42 Å². The maximum absolute atomic E-state index is 8.38. The average Bonchev–Trinajstić information content (AvgIpc) is 2.29. The lowest BCUT2D eigenvalue weighted by Crippen LogP contribution is -2.16. The number of methoxy groups -OCH3 is 1. The van der Waals surface area contributed by atoms with Crippen LogP contribution < -0.4 is 15.8 Å². The second kappa shape index (κ2) is 6.22. The van der Waals surface area contributed by atoms with Crippen molar-refractivity contribution in [2.75, 3.05) is 19.0 Å². The molecule has 0 radical (unpaired) electrons. The zero-order valence-electron chi connectivity index (χ0n) is 8.90. The van der Waals surface area contributed by atoms with E-state index >= 15 is 0 Å². The molecule has 0 amide bonds. The van der Waals surface area contributed by atoms with Crippen LogP contribution >= 0.6 is 15.9 Å². The number of nitrogens with two attached hydrogens (primary N) is 1. The van der Waals surface area contributed by atoms with Gasteiger partial charge in [0.2, 0.25) is 0 Å². The molecule has 0 spiro atoms. The summed E-state index contributed by atoms with van der Waals surface area (Å²) in [7, 11) is 1.61. The smallest absolute Gasteiger partial charge is 0.142 e. The van der Waals surface area contributed by atoms with E-state index in [2.05, 4.69) is 26.4 Å². The molecule has 4 N–H and O–H groups in total. The zero-order chi connectivity index (χ0) is 12.0. The van der Waals surface area contributed by atoms with Crippen molar-refractivity contribution >= 4 is 27.5 Å². The highest BCUT2D eigenvalue weighted by Gasteiger charge is 2.03. The topological polar surface area (TPSA) is 79.9 Å². The van der Waals surface area contributed by atoms with E-state index < -0.39 is 0 Å². The summed E-state index contributed by atoms with van der Waals surface area (Å²) in [5, 5.41) is 14.4. The van der Waals surface area contributed by atoms with E-state index in [-0.39, 0.29) is 5.84 Å². The van der Waals surface area contributed by atoms with Gasteiger partial charge >= 0.3 is 0 Å². The van der Waals surface area contributed by atoms with Crippen molar-refractivity contribution in [3.8, 4) is 5.75 Å². The first-order chi connectivity index (χ1) is 7.67. The van der Waals surface area contributed by atoms with E-state index in [1.54, 1.807) is 7.11 Å². The minimum absolute atomic E-state index is 0.196.